The molecule has 158 valence electrons. The van der Waals surface area contributed by atoms with E-state index in [9.17, 15) is 10.5 Å². The Morgan fingerprint density at radius 3 is 1.32 bits per heavy atom. The molecule has 0 aliphatic heterocycles. The molecule has 0 spiro atoms. The Balaban J connectivity index is 1.83. The smallest absolute Gasteiger partial charge is 0.100 e. The molecule has 0 fully saturated rings. The van der Waals surface area contributed by atoms with Crippen LogP contribution in [0.1, 0.15) is 11.1 Å². The molecule has 2 nitrogen and oxygen atoms in total. The standard InChI is InChI=1S/C32H20N2/c33-21-28-30(27-19-17-24(18-20-27)23-11-5-1-2-6-12-23)29(22-34)32(26-15-9-4-10-16-26)31(28)25-13-7-3-8-14-25/h1-20H. The molecule has 34 heavy (non-hydrogen) atoms. The zero-order valence-corrected chi connectivity index (χ0v) is 18.4. The molecule has 3 aromatic rings. The van der Waals surface area contributed by atoms with Gasteiger partial charge < -0.3 is 0 Å². The van der Waals surface area contributed by atoms with Gasteiger partial charge in [-0.25, -0.2) is 0 Å². The summed E-state index contributed by atoms with van der Waals surface area (Å²) < 4.78 is 0. The second-order valence-electron chi connectivity index (χ2n) is 7.97. The summed E-state index contributed by atoms with van der Waals surface area (Å²) in [5.41, 5.74) is 6.31. The fraction of sp³-hybridized carbons (Fsp3) is 0. The van der Waals surface area contributed by atoms with Crippen LogP contribution in [0.15, 0.2) is 133 Å². The van der Waals surface area contributed by atoms with Crippen LogP contribution in [0, 0.1) is 22.7 Å². The summed E-state index contributed by atoms with van der Waals surface area (Å²) in [6.45, 7) is 0. The summed E-state index contributed by atoms with van der Waals surface area (Å²) in [5.74, 6) is 0. The van der Waals surface area contributed by atoms with Crippen LogP contribution in [0.2, 0.25) is 0 Å². The van der Waals surface area contributed by atoms with E-state index >= 15 is 0 Å². The van der Waals surface area contributed by atoms with Crippen molar-refractivity contribution in [3.05, 3.63) is 154 Å². The van der Waals surface area contributed by atoms with Crippen molar-refractivity contribution in [1.29, 1.82) is 10.5 Å². The van der Waals surface area contributed by atoms with Crippen molar-refractivity contribution in [3.8, 4) is 12.1 Å². The lowest BCUT2D eigenvalue weighted by Crippen LogP contribution is -2.13. The number of nitrogens with zero attached hydrogens (tertiary/aromatic N) is 2. The second-order valence-corrected chi connectivity index (χ2v) is 7.97. The minimum Gasteiger partial charge on any atom is -0.192 e. The van der Waals surface area contributed by atoms with Gasteiger partial charge in [0.15, 0.2) is 0 Å². The van der Waals surface area contributed by atoms with Gasteiger partial charge in [-0.2, -0.15) is 10.5 Å². The molecule has 0 atom stereocenters. The quantitative estimate of drug-likeness (QED) is 0.526. The van der Waals surface area contributed by atoms with Crippen LogP contribution in [0.3, 0.4) is 0 Å². The van der Waals surface area contributed by atoms with Crippen molar-refractivity contribution >= 4 is 22.3 Å². The number of hydrogen-bond donors (Lipinski definition) is 0. The maximum Gasteiger partial charge on any atom is 0.100 e. The highest BCUT2D eigenvalue weighted by Gasteiger charge is 2.31. The van der Waals surface area contributed by atoms with Gasteiger partial charge in [0, 0.05) is 16.7 Å². The third-order valence-corrected chi connectivity index (χ3v) is 5.99. The van der Waals surface area contributed by atoms with E-state index in [1.54, 1.807) is 0 Å². The zero-order chi connectivity index (χ0) is 23.3. The van der Waals surface area contributed by atoms with Crippen LogP contribution in [-0.4, -0.2) is 0 Å². The van der Waals surface area contributed by atoms with Gasteiger partial charge in [-0.05, 0) is 27.1 Å². The molecule has 0 amide bonds. The molecule has 0 unspecified atom stereocenters. The topological polar surface area (TPSA) is 47.6 Å². The van der Waals surface area contributed by atoms with Crippen molar-refractivity contribution in [2.45, 2.75) is 0 Å². The van der Waals surface area contributed by atoms with Gasteiger partial charge in [0.2, 0.25) is 0 Å². The first-order valence-electron chi connectivity index (χ1n) is 11.1. The van der Waals surface area contributed by atoms with Gasteiger partial charge in [0.25, 0.3) is 0 Å². The second kappa shape index (κ2) is 9.29. The van der Waals surface area contributed by atoms with Crippen LogP contribution in [0.5, 0.6) is 0 Å². The van der Waals surface area contributed by atoms with Gasteiger partial charge in [-0.1, -0.05) is 121 Å². The van der Waals surface area contributed by atoms with E-state index in [1.165, 1.54) is 0 Å². The number of rotatable bonds is 2. The summed E-state index contributed by atoms with van der Waals surface area (Å²) in [6, 6.07) is 32.7. The molecule has 0 radical (unpaired) electrons. The highest BCUT2D eigenvalue weighted by molar-refractivity contribution is 6.23. The Kier molecular flexibility index (Phi) is 5.73. The van der Waals surface area contributed by atoms with Gasteiger partial charge in [-0.15, -0.1) is 0 Å². The lowest BCUT2D eigenvalue weighted by Gasteiger charge is -2.10. The first-order valence-corrected chi connectivity index (χ1v) is 11.1. The van der Waals surface area contributed by atoms with E-state index in [4.69, 9.17) is 0 Å². The third kappa shape index (κ3) is 3.75. The molecular formula is C32H20N2. The van der Waals surface area contributed by atoms with Crippen LogP contribution in [-0.2, 0) is 0 Å². The Bertz CT molecular complexity index is 1510. The minimum atomic E-state index is 0.528. The molecule has 0 saturated carbocycles. The van der Waals surface area contributed by atoms with E-state index in [-0.39, 0.29) is 0 Å². The molecule has 0 heterocycles. The maximum absolute atomic E-state index is 10.3. The zero-order valence-electron chi connectivity index (χ0n) is 18.4. The predicted molar refractivity (Wildman–Crippen MR) is 138 cm³/mol. The number of hydrogen-bond acceptors (Lipinski definition) is 2. The van der Waals surface area contributed by atoms with Gasteiger partial charge in [-0.3, -0.25) is 0 Å². The fourth-order valence-corrected chi connectivity index (χ4v) is 4.45. The minimum absolute atomic E-state index is 0.528. The maximum atomic E-state index is 10.3. The fourth-order valence-electron chi connectivity index (χ4n) is 4.45. The monoisotopic (exact) mass is 432 g/mol. The van der Waals surface area contributed by atoms with Crippen LogP contribution >= 0.6 is 0 Å². The van der Waals surface area contributed by atoms with E-state index in [2.05, 4.69) is 24.3 Å². The molecule has 0 saturated heterocycles. The lowest BCUT2D eigenvalue weighted by atomic mass is 9.92. The van der Waals surface area contributed by atoms with Crippen molar-refractivity contribution in [3.63, 3.8) is 0 Å². The van der Waals surface area contributed by atoms with E-state index in [0.29, 0.717) is 16.7 Å². The summed E-state index contributed by atoms with van der Waals surface area (Å²) in [5, 5.41) is 22.5. The van der Waals surface area contributed by atoms with Crippen molar-refractivity contribution < 1.29 is 0 Å². The molecule has 2 aliphatic rings. The van der Waals surface area contributed by atoms with Crippen molar-refractivity contribution in [2.24, 2.45) is 0 Å². The first kappa shape index (κ1) is 21.0. The highest BCUT2D eigenvalue weighted by atomic mass is 14.4. The third-order valence-electron chi connectivity index (χ3n) is 5.99. The molecule has 2 aliphatic carbocycles. The van der Waals surface area contributed by atoms with Gasteiger partial charge >= 0.3 is 0 Å². The molecule has 2 heteroatoms. The number of allylic oxidation sites excluding steroid dienone is 10. The molecule has 5 rings (SSSR count). The van der Waals surface area contributed by atoms with E-state index in [1.807, 2.05) is 109 Å². The largest absolute Gasteiger partial charge is 0.192 e. The molecule has 3 aromatic carbocycles. The summed E-state index contributed by atoms with van der Waals surface area (Å²) in [7, 11) is 0. The molecular weight excluding hydrogens is 412 g/mol. The van der Waals surface area contributed by atoms with Crippen molar-refractivity contribution in [1.82, 2.24) is 0 Å². The molecule has 0 N–H and O–H groups in total. The van der Waals surface area contributed by atoms with E-state index in [0.717, 1.165) is 38.3 Å². The normalized spacial score (nSPS) is 14.9. The van der Waals surface area contributed by atoms with Gasteiger partial charge in [0.1, 0.15) is 12.1 Å². The average molecular weight is 433 g/mol. The van der Waals surface area contributed by atoms with Crippen molar-refractivity contribution in [2.75, 3.05) is 0 Å². The van der Waals surface area contributed by atoms with Crippen LogP contribution in [0.4, 0.5) is 0 Å². The number of benzene rings is 3. The number of nitriles is 2. The molecule has 0 bridgehead atoms. The lowest BCUT2D eigenvalue weighted by molar-refractivity contribution is 1.46. The Morgan fingerprint density at radius 1 is 0.441 bits per heavy atom. The van der Waals surface area contributed by atoms with Crippen LogP contribution in [0.25, 0.3) is 22.3 Å². The van der Waals surface area contributed by atoms with Crippen LogP contribution < -0.4 is 10.4 Å². The summed E-state index contributed by atoms with van der Waals surface area (Å²) in [6.07, 6.45) is 12.2. The summed E-state index contributed by atoms with van der Waals surface area (Å²) in [4.78, 5) is 0. The Morgan fingerprint density at radius 2 is 0.882 bits per heavy atom. The Hall–Kier alpha value is -4.92. The molecule has 0 aromatic heterocycles. The average Bonchev–Trinajstić information content (AvgIpc) is 3.02. The van der Waals surface area contributed by atoms with Gasteiger partial charge in [0.05, 0.1) is 11.1 Å². The SMILES string of the molecule is N#CC1=C(c2ccccc2)C(c2ccccc2)=C(C#N)C1=c1ccc(=C2C=CC=CC=C2)cc1. The van der Waals surface area contributed by atoms with E-state index < -0.39 is 0 Å². The predicted octanol–water partition coefficient (Wildman–Crippen LogP) is 5.64. The summed E-state index contributed by atoms with van der Waals surface area (Å²) >= 11 is 0. The highest BCUT2D eigenvalue weighted by Crippen LogP contribution is 2.47. The first-order chi connectivity index (χ1) is 16.8. The Labute approximate surface area is 199 Å².